The van der Waals surface area contributed by atoms with Crippen molar-refractivity contribution in [2.75, 3.05) is 5.32 Å². The van der Waals surface area contributed by atoms with Crippen LogP contribution in [0.25, 0.3) is 0 Å². The van der Waals surface area contributed by atoms with Crippen molar-refractivity contribution in [1.29, 1.82) is 0 Å². The summed E-state index contributed by atoms with van der Waals surface area (Å²) in [5.41, 5.74) is -0.153. The molecule has 1 fully saturated rings. The summed E-state index contributed by atoms with van der Waals surface area (Å²) >= 11 is 0. The fourth-order valence-corrected chi connectivity index (χ4v) is 2.62. The lowest BCUT2D eigenvalue weighted by Gasteiger charge is -2.12. The maximum absolute atomic E-state index is 13.6. The van der Waals surface area contributed by atoms with Crippen molar-refractivity contribution in [2.24, 2.45) is 0 Å². The van der Waals surface area contributed by atoms with Gasteiger partial charge >= 0.3 is 0 Å². The molecule has 0 unspecified atom stereocenters. The Labute approximate surface area is 132 Å². The van der Waals surface area contributed by atoms with E-state index in [1.165, 1.54) is 18.5 Å². The predicted molar refractivity (Wildman–Crippen MR) is 81.4 cm³/mol. The lowest BCUT2D eigenvalue weighted by molar-refractivity contribution is 0.0932. The number of carbonyl (C=O) groups is 1. The molecular weight excluding hydrogens is 302 g/mol. The highest BCUT2D eigenvalue weighted by atomic mass is 19.1. The van der Waals surface area contributed by atoms with Gasteiger partial charge in [0.15, 0.2) is 0 Å². The van der Waals surface area contributed by atoms with E-state index in [9.17, 15) is 13.6 Å². The van der Waals surface area contributed by atoms with E-state index in [1.54, 1.807) is 0 Å². The van der Waals surface area contributed by atoms with E-state index >= 15 is 0 Å². The van der Waals surface area contributed by atoms with Gasteiger partial charge in [-0.2, -0.15) is 0 Å². The maximum Gasteiger partial charge on any atom is 0.270 e. The lowest BCUT2D eigenvalue weighted by atomic mass is 10.2. The van der Waals surface area contributed by atoms with Crippen LogP contribution in [0.1, 0.15) is 36.2 Å². The molecule has 0 atom stereocenters. The van der Waals surface area contributed by atoms with Gasteiger partial charge in [-0.3, -0.25) is 4.79 Å². The van der Waals surface area contributed by atoms with Crippen LogP contribution in [0.4, 0.5) is 20.3 Å². The highest BCUT2D eigenvalue weighted by Gasteiger charge is 2.19. The van der Waals surface area contributed by atoms with Gasteiger partial charge in [-0.15, -0.1) is 0 Å². The van der Waals surface area contributed by atoms with E-state index in [0.717, 1.165) is 37.8 Å². The number of amides is 1. The van der Waals surface area contributed by atoms with Gasteiger partial charge in [-0.25, -0.2) is 18.7 Å². The normalized spacial score (nSPS) is 14.7. The van der Waals surface area contributed by atoms with Crippen molar-refractivity contribution in [3.8, 4) is 0 Å². The molecule has 1 heterocycles. The Bertz CT molecular complexity index is 697. The fourth-order valence-electron chi connectivity index (χ4n) is 2.62. The molecule has 23 heavy (non-hydrogen) atoms. The van der Waals surface area contributed by atoms with Crippen LogP contribution in [-0.4, -0.2) is 21.9 Å². The minimum Gasteiger partial charge on any atom is -0.348 e. The highest BCUT2D eigenvalue weighted by Crippen LogP contribution is 2.22. The predicted octanol–water partition coefficient (Wildman–Crippen LogP) is 3.17. The number of rotatable bonds is 4. The first kappa shape index (κ1) is 15.3. The molecule has 1 aliphatic carbocycles. The summed E-state index contributed by atoms with van der Waals surface area (Å²) in [6.07, 6.45) is 5.32. The van der Waals surface area contributed by atoms with Crippen LogP contribution in [0.5, 0.6) is 0 Å². The third-order valence-electron chi connectivity index (χ3n) is 3.81. The Morgan fingerprint density at radius 2 is 1.83 bits per heavy atom. The number of para-hydroxylation sites is 1. The molecule has 1 saturated carbocycles. The molecule has 0 aliphatic heterocycles. The van der Waals surface area contributed by atoms with Crippen LogP contribution >= 0.6 is 0 Å². The second-order valence-electron chi connectivity index (χ2n) is 5.46. The van der Waals surface area contributed by atoms with Gasteiger partial charge < -0.3 is 10.6 Å². The molecule has 3 rings (SSSR count). The van der Waals surface area contributed by atoms with E-state index in [-0.39, 0.29) is 29.1 Å². The SMILES string of the molecule is O=C(NC1CCCC1)c1cc(Nc2c(F)cccc2F)ncn1. The lowest BCUT2D eigenvalue weighted by Crippen LogP contribution is -2.33. The van der Waals surface area contributed by atoms with Gasteiger partial charge in [0, 0.05) is 12.1 Å². The number of hydrogen-bond acceptors (Lipinski definition) is 4. The standard InChI is InChI=1S/C16H16F2N4O/c17-11-6-3-7-12(18)15(11)22-14-8-13(19-9-20-14)16(23)21-10-4-1-2-5-10/h3,6-10H,1-2,4-5H2,(H,21,23)(H,19,20,22). The summed E-state index contributed by atoms with van der Waals surface area (Å²) in [7, 11) is 0. The molecule has 120 valence electrons. The number of anilines is 2. The molecule has 2 N–H and O–H groups in total. The van der Waals surface area contributed by atoms with Crippen molar-refractivity contribution in [3.63, 3.8) is 0 Å². The number of benzene rings is 1. The first-order chi connectivity index (χ1) is 11.1. The van der Waals surface area contributed by atoms with Gasteiger partial charge in [-0.05, 0) is 25.0 Å². The number of hydrogen-bond donors (Lipinski definition) is 2. The van der Waals surface area contributed by atoms with Crippen LogP contribution in [0.15, 0.2) is 30.6 Å². The van der Waals surface area contributed by atoms with Crippen LogP contribution in [0.3, 0.4) is 0 Å². The molecule has 0 saturated heterocycles. The summed E-state index contributed by atoms with van der Waals surface area (Å²) in [5.74, 6) is -1.63. The van der Waals surface area contributed by atoms with Gasteiger partial charge in [0.1, 0.15) is 35.2 Å². The van der Waals surface area contributed by atoms with Crippen molar-refractivity contribution < 1.29 is 13.6 Å². The zero-order valence-electron chi connectivity index (χ0n) is 12.4. The zero-order chi connectivity index (χ0) is 16.2. The van der Waals surface area contributed by atoms with Gasteiger partial charge in [0.2, 0.25) is 0 Å². The number of carbonyl (C=O) groups excluding carboxylic acids is 1. The third-order valence-corrected chi connectivity index (χ3v) is 3.81. The third kappa shape index (κ3) is 3.61. The summed E-state index contributed by atoms with van der Waals surface area (Å²) < 4.78 is 27.3. The minimum absolute atomic E-state index is 0.153. The molecule has 1 aromatic heterocycles. The second-order valence-corrected chi connectivity index (χ2v) is 5.46. The molecule has 2 aromatic rings. The van der Waals surface area contributed by atoms with E-state index in [0.29, 0.717) is 0 Å². The van der Waals surface area contributed by atoms with Crippen LogP contribution < -0.4 is 10.6 Å². The molecule has 1 amide bonds. The van der Waals surface area contributed by atoms with Gasteiger partial charge in [0.05, 0.1) is 0 Å². The molecule has 7 heteroatoms. The summed E-state index contributed by atoms with van der Waals surface area (Å²) in [6, 6.07) is 5.09. The van der Waals surface area contributed by atoms with Crippen molar-refractivity contribution >= 4 is 17.4 Å². The van der Waals surface area contributed by atoms with Crippen molar-refractivity contribution in [2.45, 2.75) is 31.7 Å². The largest absolute Gasteiger partial charge is 0.348 e. The molecule has 0 bridgehead atoms. The second kappa shape index (κ2) is 6.68. The zero-order valence-corrected chi connectivity index (χ0v) is 12.4. The average Bonchev–Trinajstić information content (AvgIpc) is 3.04. The van der Waals surface area contributed by atoms with Crippen LogP contribution in [-0.2, 0) is 0 Å². The van der Waals surface area contributed by atoms with Crippen molar-refractivity contribution in [1.82, 2.24) is 15.3 Å². The van der Waals surface area contributed by atoms with Crippen molar-refractivity contribution in [3.05, 3.63) is 47.9 Å². The number of aromatic nitrogens is 2. The first-order valence-electron chi connectivity index (χ1n) is 7.47. The number of nitrogens with one attached hydrogen (secondary N) is 2. The molecule has 0 radical (unpaired) electrons. The molecule has 0 spiro atoms. The Hall–Kier alpha value is -2.57. The summed E-state index contributed by atoms with van der Waals surface area (Å²) in [5, 5.41) is 5.45. The molecule has 1 aromatic carbocycles. The van der Waals surface area contributed by atoms with Gasteiger partial charge in [0.25, 0.3) is 5.91 Å². The van der Waals surface area contributed by atoms with Gasteiger partial charge in [-0.1, -0.05) is 18.9 Å². The molecule has 1 aliphatic rings. The Morgan fingerprint density at radius 1 is 1.13 bits per heavy atom. The van der Waals surface area contributed by atoms with E-state index in [2.05, 4.69) is 20.6 Å². The van der Waals surface area contributed by atoms with E-state index in [4.69, 9.17) is 0 Å². The maximum atomic E-state index is 13.6. The Balaban J connectivity index is 1.75. The van der Waals surface area contributed by atoms with E-state index < -0.39 is 11.6 Å². The van der Waals surface area contributed by atoms with Crippen LogP contribution in [0.2, 0.25) is 0 Å². The smallest absolute Gasteiger partial charge is 0.270 e. The number of halogens is 2. The van der Waals surface area contributed by atoms with Crippen LogP contribution in [0, 0.1) is 11.6 Å². The van der Waals surface area contributed by atoms with E-state index in [1.807, 2.05) is 0 Å². The highest BCUT2D eigenvalue weighted by molar-refractivity contribution is 5.93. The average molecular weight is 318 g/mol. The monoisotopic (exact) mass is 318 g/mol. The Kier molecular flexibility index (Phi) is 4.45. The molecule has 5 nitrogen and oxygen atoms in total. The number of nitrogens with zero attached hydrogens (tertiary/aromatic N) is 2. The quantitative estimate of drug-likeness (QED) is 0.908. The summed E-state index contributed by atoms with van der Waals surface area (Å²) in [6.45, 7) is 0. The minimum atomic E-state index is -0.736. The fraction of sp³-hybridized carbons (Fsp3) is 0.312. The Morgan fingerprint density at radius 3 is 2.52 bits per heavy atom. The topological polar surface area (TPSA) is 66.9 Å². The molecular formula is C16H16F2N4O. The summed E-state index contributed by atoms with van der Waals surface area (Å²) in [4.78, 5) is 20.0. The first-order valence-corrected chi connectivity index (χ1v) is 7.47.